The molecule has 2 aromatic carbocycles. The molecule has 7 heteroatoms. The Hall–Kier alpha value is -2.67. The zero-order valence-electron chi connectivity index (χ0n) is 14.1. The minimum Gasteiger partial charge on any atom is -0.495 e. The van der Waals surface area contributed by atoms with Gasteiger partial charge in [0, 0.05) is 0 Å². The van der Waals surface area contributed by atoms with Gasteiger partial charge in [0.2, 0.25) is 11.8 Å². The number of nitrogens with one attached hydrogen (secondary N) is 2. The van der Waals surface area contributed by atoms with Gasteiger partial charge < -0.3 is 20.1 Å². The van der Waals surface area contributed by atoms with Gasteiger partial charge in [-0.15, -0.1) is 11.8 Å². The number of carbonyl (C=O) groups is 2. The number of hydrogen-bond acceptors (Lipinski definition) is 5. The summed E-state index contributed by atoms with van der Waals surface area (Å²) in [6.45, 7) is 0. The SMILES string of the molecule is COc1ccccc1NC(=O)CSCC(=O)Nc1ccccc1OC. The standard InChI is InChI=1S/C18H20N2O4S/c1-23-15-9-5-3-7-13(15)19-17(21)11-25-12-18(22)20-14-8-4-6-10-16(14)24-2/h3-10H,11-12H2,1-2H3,(H,19,21)(H,20,22). The third kappa shape index (κ3) is 5.72. The van der Waals surface area contributed by atoms with Crippen LogP contribution in [0.4, 0.5) is 11.4 Å². The highest BCUT2D eigenvalue weighted by atomic mass is 32.2. The van der Waals surface area contributed by atoms with Crippen LogP contribution in [0.15, 0.2) is 48.5 Å². The third-order valence-electron chi connectivity index (χ3n) is 3.23. The van der Waals surface area contributed by atoms with E-state index < -0.39 is 0 Å². The number of amides is 2. The average Bonchev–Trinajstić information content (AvgIpc) is 2.62. The second-order valence-corrected chi connectivity index (χ2v) is 5.98. The lowest BCUT2D eigenvalue weighted by Crippen LogP contribution is -2.19. The number of hydrogen-bond donors (Lipinski definition) is 2. The summed E-state index contributed by atoms with van der Waals surface area (Å²) in [6, 6.07) is 14.3. The van der Waals surface area contributed by atoms with E-state index in [0.29, 0.717) is 22.9 Å². The Labute approximate surface area is 150 Å². The summed E-state index contributed by atoms with van der Waals surface area (Å²) in [4.78, 5) is 24.0. The van der Waals surface area contributed by atoms with Gasteiger partial charge in [-0.1, -0.05) is 24.3 Å². The second kappa shape index (κ2) is 9.58. The molecule has 0 atom stereocenters. The van der Waals surface area contributed by atoms with E-state index in [1.54, 1.807) is 38.5 Å². The van der Waals surface area contributed by atoms with Crippen molar-refractivity contribution in [1.29, 1.82) is 0 Å². The fraction of sp³-hybridized carbons (Fsp3) is 0.222. The molecule has 0 aliphatic heterocycles. The van der Waals surface area contributed by atoms with E-state index in [-0.39, 0.29) is 23.3 Å². The Kier molecular flexibility index (Phi) is 7.16. The fourth-order valence-corrected chi connectivity index (χ4v) is 2.72. The fourth-order valence-electron chi connectivity index (χ4n) is 2.10. The number of anilines is 2. The first kappa shape index (κ1) is 18.7. The lowest BCUT2D eigenvalue weighted by Gasteiger charge is -2.10. The molecule has 132 valence electrons. The quantitative estimate of drug-likeness (QED) is 0.757. The van der Waals surface area contributed by atoms with E-state index in [9.17, 15) is 9.59 Å². The van der Waals surface area contributed by atoms with Crippen LogP contribution in [-0.4, -0.2) is 37.5 Å². The molecule has 0 radical (unpaired) electrons. The Bertz CT molecular complexity index is 675. The lowest BCUT2D eigenvalue weighted by atomic mass is 10.3. The van der Waals surface area contributed by atoms with Gasteiger partial charge in [0.05, 0.1) is 37.1 Å². The number of para-hydroxylation sites is 4. The molecular formula is C18H20N2O4S. The molecule has 2 rings (SSSR count). The summed E-state index contributed by atoms with van der Waals surface area (Å²) in [5.41, 5.74) is 1.21. The maximum atomic E-state index is 12.0. The first-order valence-corrected chi connectivity index (χ1v) is 8.73. The predicted octanol–water partition coefficient (Wildman–Crippen LogP) is 3.01. The summed E-state index contributed by atoms with van der Waals surface area (Å²) in [7, 11) is 3.09. The number of ether oxygens (including phenoxy) is 2. The van der Waals surface area contributed by atoms with Gasteiger partial charge in [0.25, 0.3) is 0 Å². The van der Waals surface area contributed by atoms with Crippen molar-refractivity contribution in [3.8, 4) is 11.5 Å². The summed E-state index contributed by atoms with van der Waals surface area (Å²) in [5, 5.41) is 5.53. The summed E-state index contributed by atoms with van der Waals surface area (Å²) >= 11 is 1.23. The van der Waals surface area contributed by atoms with Crippen molar-refractivity contribution in [2.75, 3.05) is 36.4 Å². The third-order valence-corrected chi connectivity index (χ3v) is 4.16. The number of carbonyl (C=O) groups excluding carboxylic acids is 2. The number of thioether (sulfide) groups is 1. The first-order valence-electron chi connectivity index (χ1n) is 7.57. The molecule has 0 saturated carbocycles. The minimum absolute atomic E-state index is 0.164. The van der Waals surface area contributed by atoms with E-state index >= 15 is 0 Å². The van der Waals surface area contributed by atoms with Crippen LogP contribution in [0.5, 0.6) is 11.5 Å². The smallest absolute Gasteiger partial charge is 0.234 e. The molecule has 2 amide bonds. The normalized spacial score (nSPS) is 10.0. The molecule has 0 aromatic heterocycles. The Morgan fingerprint density at radius 3 is 1.60 bits per heavy atom. The van der Waals surface area contributed by atoms with Gasteiger partial charge in [-0.25, -0.2) is 0 Å². The van der Waals surface area contributed by atoms with E-state index in [0.717, 1.165) is 0 Å². The molecule has 2 aromatic rings. The maximum absolute atomic E-state index is 12.0. The topological polar surface area (TPSA) is 76.7 Å². The van der Waals surface area contributed by atoms with Gasteiger partial charge in [-0.3, -0.25) is 9.59 Å². The monoisotopic (exact) mass is 360 g/mol. The maximum Gasteiger partial charge on any atom is 0.234 e. The van der Waals surface area contributed by atoms with Crippen LogP contribution in [0.1, 0.15) is 0 Å². The van der Waals surface area contributed by atoms with Crippen LogP contribution >= 0.6 is 11.8 Å². The van der Waals surface area contributed by atoms with Crippen molar-refractivity contribution in [3.63, 3.8) is 0 Å². The molecule has 0 saturated heterocycles. The second-order valence-electron chi connectivity index (χ2n) is 4.99. The summed E-state index contributed by atoms with van der Waals surface area (Å²) in [5.74, 6) is 1.12. The van der Waals surface area contributed by atoms with Crippen LogP contribution in [0.25, 0.3) is 0 Å². The summed E-state index contributed by atoms with van der Waals surface area (Å²) in [6.07, 6.45) is 0. The lowest BCUT2D eigenvalue weighted by molar-refractivity contribution is -0.114. The van der Waals surface area contributed by atoms with E-state index in [1.807, 2.05) is 24.3 Å². The molecule has 0 aliphatic rings. The highest BCUT2D eigenvalue weighted by molar-refractivity contribution is 8.00. The van der Waals surface area contributed by atoms with Crippen LogP contribution in [0.2, 0.25) is 0 Å². The predicted molar refractivity (Wildman–Crippen MR) is 101 cm³/mol. The van der Waals surface area contributed by atoms with E-state index in [1.165, 1.54) is 11.8 Å². The van der Waals surface area contributed by atoms with Crippen molar-refractivity contribution >= 4 is 35.0 Å². The van der Waals surface area contributed by atoms with Crippen molar-refractivity contribution in [2.45, 2.75) is 0 Å². The van der Waals surface area contributed by atoms with Crippen LogP contribution in [0, 0.1) is 0 Å². The van der Waals surface area contributed by atoms with Crippen LogP contribution < -0.4 is 20.1 Å². The van der Waals surface area contributed by atoms with Crippen molar-refractivity contribution in [2.24, 2.45) is 0 Å². The molecular weight excluding hydrogens is 340 g/mol. The highest BCUT2D eigenvalue weighted by Crippen LogP contribution is 2.24. The number of benzene rings is 2. The zero-order chi connectivity index (χ0) is 18.1. The summed E-state index contributed by atoms with van der Waals surface area (Å²) < 4.78 is 10.4. The van der Waals surface area contributed by atoms with Gasteiger partial charge in [-0.05, 0) is 24.3 Å². The molecule has 0 aliphatic carbocycles. The molecule has 0 fully saturated rings. The molecule has 2 N–H and O–H groups in total. The molecule has 0 spiro atoms. The van der Waals surface area contributed by atoms with Gasteiger partial charge in [0.1, 0.15) is 11.5 Å². The van der Waals surface area contributed by atoms with Crippen LogP contribution in [0.3, 0.4) is 0 Å². The van der Waals surface area contributed by atoms with E-state index in [4.69, 9.17) is 9.47 Å². The van der Waals surface area contributed by atoms with Crippen molar-refractivity contribution < 1.29 is 19.1 Å². The molecule has 0 unspecified atom stereocenters. The Morgan fingerprint density at radius 1 is 0.800 bits per heavy atom. The minimum atomic E-state index is -0.195. The highest BCUT2D eigenvalue weighted by Gasteiger charge is 2.10. The zero-order valence-corrected chi connectivity index (χ0v) is 14.9. The van der Waals surface area contributed by atoms with Gasteiger partial charge in [-0.2, -0.15) is 0 Å². The molecule has 0 bridgehead atoms. The van der Waals surface area contributed by atoms with E-state index in [2.05, 4.69) is 10.6 Å². The Balaban J connectivity index is 1.78. The van der Waals surface area contributed by atoms with Gasteiger partial charge in [0.15, 0.2) is 0 Å². The number of rotatable bonds is 8. The van der Waals surface area contributed by atoms with Crippen molar-refractivity contribution in [1.82, 2.24) is 0 Å². The van der Waals surface area contributed by atoms with Gasteiger partial charge >= 0.3 is 0 Å². The molecule has 6 nitrogen and oxygen atoms in total. The first-order chi connectivity index (χ1) is 12.1. The van der Waals surface area contributed by atoms with Crippen molar-refractivity contribution in [3.05, 3.63) is 48.5 Å². The average molecular weight is 360 g/mol. The van der Waals surface area contributed by atoms with Crippen LogP contribution in [-0.2, 0) is 9.59 Å². The Morgan fingerprint density at radius 2 is 1.20 bits per heavy atom. The number of methoxy groups -OCH3 is 2. The molecule has 0 heterocycles. The molecule has 25 heavy (non-hydrogen) atoms. The largest absolute Gasteiger partial charge is 0.495 e.